The SMILES string of the molecule is CCOc1cc(C2/C(=C(\O)c3ccc(Cl)cc3)C(=O)C(=O)N2CC(C)C)ccc1O. The van der Waals surface area contributed by atoms with Gasteiger partial charge in [0, 0.05) is 17.1 Å². The van der Waals surface area contributed by atoms with Crippen LogP contribution in [-0.4, -0.2) is 40.0 Å². The summed E-state index contributed by atoms with van der Waals surface area (Å²) in [7, 11) is 0. The number of hydrogen-bond acceptors (Lipinski definition) is 5. The van der Waals surface area contributed by atoms with Crippen LogP contribution < -0.4 is 4.74 Å². The summed E-state index contributed by atoms with van der Waals surface area (Å²) >= 11 is 5.93. The Hall–Kier alpha value is -2.99. The van der Waals surface area contributed by atoms with Crippen LogP contribution in [0.25, 0.3) is 5.76 Å². The summed E-state index contributed by atoms with van der Waals surface area (Å²) in [5, 5.41) is 21.5. The fraction of sp³-hybridized carbons (Fsp3) is 0.304. The molecular weight excluding hydrogens is 406 g/mol. The number of nitrogens with zero attached hydrogens (tertiary/aromatic N) is 1. The number of carbonyl (C=O) groups is 2. The van der Waals surface area contributed by atoms with Crippen LogP contribution in [0.1, 0.15) is 37.9 Å². The predicted octanol–water partition coefficient (Wildman–Crippen LogP) is 4.52. The number of benzene rings is 2. The monoisotopic (exact) mass is 429 g/mol. The predicted molar refractivity (Wildman–Crippen MR) is 115 cm³/mol. The molecule has 1 fully saturated rings. The molecule has 3 rings (SSSR count). The molecule has 0 saturated carbocycles. The number of ketones is 1. The number of ether oxygens (including phenoxy) is 1. The molecule has 0 bridgehead atoms. The zero-order chi connectivity index (χ0) is 22.0. The fourth-order valence-corrected chi connectivity index (χ4v) is 3.67. The smallest absolute Gasteiger partial charge is 0.295 e. The number of amides is 1. The van der Waals surface area contributed by atoms with Crippen LogP contribution in [0.2, 0.25) is 5.02 Å². The first-order chi connectivity index (χ1) is 14.2. The van der Waals surface area contributed by atoms with Crippen LogP contribution >= 0.6 is 11.6 Å². The average Bonchev–Trinajstić information content (AvgIpc) is 2.94. The lowest BCUT2D eigenvalue weighted by Gasteiger charge is -2.27. The average molecular weight is 430 g/mol. The molecular formula is C23H24ClNO5. The van der Waals surface area contributed by atoms with Gasteiger partial charge in [-0.1, -0.05) is 31.5 Å². The van der Waals surface area contributed by atoms with Crippen molar-refractivity contribution in [1.29, 1.82) is 0 Å². The molecule has 1 heterocycles. The second kappa shape index (κ2) is 8.79. The number of phenols is 1. The first kappa shape index (κ1) is 21.7. The second-order valence-corrected chi connectivity index (χ2v) is 7.95. The number of rotatable bonds is 6. The van der Waals surface area contributed by atoms with Gasteiger partial charge in [0.25, 0.3) is 11.7 Å². The maximum atomic E-state index is 12.9. The van der Waals surface area contributed by atoms with E-state index in [-0.39, 0.29) is 28.7 Å². The van der Waals surface area contributed by atoms with E-state index in [1.54, 1.807) is 43.3 Å². The molecule has 30 heavy (non-hydrogen) atoms. The number of aliphatic hydroxyl groups excluding tert-OH is 1. The van der Waals surface area contributed by atoms with E-state index in [1.165, 1.54) is 11.0 Å². The molecule has 0 spiro atoms. The largest absolute Gasteiger partial charge is 0.507 e. The summed E-state index contributed by atoms with van der Waals surface area (Å²) in [6, 6.07) is 10.3. The molecule has 0 radical (unpaired) electrons. The van der Waals surface area contributed by atoms with Crippen molar-refractivity contribution < 1.29 is 24.5 Å². The Morgan fingerprint density at radius 2 is 1.83 bits per heavy atom. The van der Waals surface area contributed by atoms with Crippen LogP contribution in [0.15, 0.2) is 48.0 Å². The van der Waals surface area contributed by atoms with E-state index in [2.05, 4.69) is 0 Å². The van der Waals surface area contributed by atoms with E-state index in [0.29, 0.717) is 29.3 Å². The topological polar surface area (TPSA) is 87.1 Å². The molecule has 158 valence electrons. The van der Waals surface area contributed by atoms with Gasteiger partial charge in [0.2, 0.25) is 0 Å². The third-order valence-corrected chi connectivity index (χ3v) is 5.07. The number of likely N-dealkylation sites (tertiary alicyclic amines) is 1. The molecule has 7 heteroatoms. The van der Waals surface area contributed by atoms with Gasteiger partial charge in [-0.2, -0.15) is 0 Å². The van der Waals surface area contributed by atoms with Gasteiger partial charge in [-0.3, -0.25) is 9.59 Å². The Balaban J connectivity index is 2.20. The molecule has 1 unspecified atom stereocenters. The maximum Gasteiger partial charge on any atom is 0.295 e. The number of phenolic OH excluding ortho intramolecular Hbond substituents is 1. The molecule has 1 amide bonds. The molecule has 6 nitrogen and oxygen atoms in total. The maximum absolute atomic E-state index is 12.9. The Labute approximate surface area is 180 Å². The van der Waals surface area contributed by atoms with Crippen molar-refractivity contribution >= 4 is 29.1 Å². The van der Waals surface area contributed by atoms with Gasteiger partial charge >= 0.3 is 0 Å². The summed E-state index contributed by atoms with van der Waals surface area (Å²) in [5.74, 6) is -1.39. The highest BCUT2D eigenvalue weighted by Crippen LogP contribution is 2.42. The Morgan fingerprint density at radius 1 is 1.17 bits per heavy atom. The van der Waals surface area contributed by atoms with Crippen LogP contribution in [0.5, 0.6) is 11.5 Å². The quantitative estimate of drug-likeness (QED) is 0.400. The number of carbonyl (C=O) groups excluding carboxylic acids is 2. The van der Waals surface area contributed by atoms with Crippen molar-refractivity contribution in [3.63, 3.8) is 0 Å². The first-order valence-electron chi connectivity index (χ1n) is 9.74. The van der Waals surface area contributed by atoms with Crippen LogP contribution in [0, 0.1) is 5.92 Å². The highest BCUT2D eigenvalue weighted by Gasteiger charge is 2.46. The lowest BCUT2D eigenvalue weighted by Crippen LogP contribution is -2.33. The van der Waals surface area contributed by atoms with Gasteiger partial charge in [0.1, 0.15) is 5.76 Å². The van der Waals surface area contributed by atoms with Gasteiger partial charge in [-0.15, -0.1) is 0 Å². The summed E-state index contributed by atoms with van der Waals surface area (Å²) in [6.45, 7) is 6.35. The highest BCUT2D eigenvalue weighted by atomic mass is 35.5. The Morgan fingerprint density at radius 3 is 2.43 bits per heavy atom. The second-order valence-electron chi connectivity index (χ2n) is 7.51. The number of halogens is 1. The summed E-state index contributed by atoms with van der Waals surface area (Å²) in [6.07, 6.45) is 0. The van der Waals surface area contributed by atoms with Crippen LogP contribution in [-0.2, 0) is 9.59 Å². The van der Waals surface area contributed by atoms with Gasteiger partial charge in [-0.25, -0.2) is 0 Å². The van der Waals surface area contributed by atoms with Gasteiger partial charge in [0.15, 0.2) is 11.5 Å². The van der Waals surface area contributed by atoms with E-state index in [4.69, 9.17) is 16.3 Å². The van der Waals surface area contributed by atoms with Gasteiger partial charge in [-0.05, 0) is 54.8 Å². The van der Waals surface area contributed by atoms with Crippen molar-refractivity contribution in [2.45, 2.75) is 26.8 Å². The highest BCUT2D eigenvalue weighted by molar-refractivity contribution is 6.46. The normalized spacial score (nSPS) is 18.3. The summed E-state index contributed by atoms with van der Waals surface area (Å²) in [4.78, 5) is 27.2. The van der Waals surface area contributed by atoms with Crippen molar-refractivity contribution in [3.8, 4) is 11.5 Å². The third-order valence-electron chi connectivity index (χ3n) is 4.82. The Kier molecular flexibility index (Phi) is 6.37. The van der Waals surface area contributed by atoms with E-state index in [1.807, 2.05) is 13.8 Å². The van der Waals surface area contributed by atoms with E-state index < -0.39 is 17.7 Å². The molecule has 1 atom stereocenters. The molecule has 2 aromatic carbocycles. The molecule has 2 aromatic rings. The standard InChI is InChI=1S/C23H24ClNO5/c1-4-30-18-11-15(7-10-17(18)26)20-19(21(27)14-5-8-16(24)9-6-14)22(28)23(29)25(20)12-13(2)3/h5-11,13,20,26-27H,4,12H2,1-3H3/b21-19+. The van der Waals surface area contributed by atoms with E-state index in [0.717, 1.165) is 0 Å². The number of hydrogen-bond donors (Lipinski definition) is 2. The lowest BCUT2D eigenvalue weighted by molar-refractivity contribution is -0.140. The molecule has 1 aliphatic heterocycles. The zero-order valence-electron chi connectivity index (χ0n) is 17.1. The third kappa shape index (κ3) is 4.14. The molecule has 0 aromatic heterocycles. The molecule has 0 aliphatic carbocycles. The van der Waals surface area contributed by atoms with E-state index >= 15 is 0 Å². The van der Waals surface area contributed by atoms with Crippen LogP contribution in [0.3, 0.4) is 0 Å². The Bertz CT molecular complexity index is 997. The molecule has 1 aliphatic rings. The van der Waals surface area contributed by atoms with Crippen molar-refractivity contribution in [2.24, 2.45) is 5.92 Å². The van der Waals surface area contributed by atoms with E-state index in [9.17, 15) is 19.8 Å². The minimum atomic E-state index is -0.803. The summed E-state index contributed by atoms with van der Waals surface area (Å²) < 4.78 is 5.47. The zero-order valence-corrected chi connectivity index (χ0v) is 17.8. The summed E-state index contributed by atoms with van der Waals surface area (Å²) in [5.41, 5.74) is 0.943. The van der Waals surface area contributed by atoms with Gasteiger partial charge < -0.3 is 19.8 Å². The van der Waals surface area contributed by atoms with Crippen LogP contribution in [0.4, 0.5) is 0 Å². The first-order valence-corrected chi connectivity index (χ1v) is 10.1. The number of aromatic hydroxyl groups is 1. The lowest BCUT2D eigenvalue weighted by atomic mass is 9.94. The van der Waals surface area contributed by atoms with Gasteiger partial charge in [0.05, 0.1) is 18.2 Å². The molecule has 1 saturated heterocycles. The van der Waals surface area contributed by atoms with Crippen molar-refractivity contribution in [2.75, 3.05) is 13.2 Å². The number of aliphatic hydroxyl groups is 1. The van der Waals surface area contributed by atoms with Crippen molar-refractivity contribution in [1.82, 2.24) is 4.90 Å². The van der Waals surface area contributed by atoms with Crippen molar-refractivity contribution in [3.05, 3.63) is 64.2 Å². The molecule has 2 N–H and O–H groups in total. The minimum Gasteiger partial charge on any atom is -0.507 e. The number of Topliss-reactive ketones (excluding diaryl/α,β-unsaturated/α-hetero) is 1. The fourth-order valence-electron chi connectivity index (χ4n) is 3.54. The minimum absolute atomic E-state index is 0.00360.